The lowest BCUT2D eigenvalue weighted by Crippen LogP contribution is -2.36. The quantitative estimate of drug-likeness (QED) is 0.701. The number of carbonyl (C=O) groups is 1. The highest BCUT2D eigenvalue weighted by Crippen LogP contribution is 2.21. The number of hydrogen-bond donors (Lipinski definition) is 0. The third-order valence-corrected chi connectivity index (χ3v) is 4.28. The van der Waals surface area contributed by atoms with Crippen LogP contribution in [0.25, 0.3) is 10.8 Å². The summed E-state index contributed by atoms with van der Waals surface area (Å²) >= 11 is 0. The van der Waals surface area contributed by atoms with Gasteiger partial charge in [0.05, 0.1) is 6.54 Å². The van der Waals surface area contributed by atoms with Gasteiger partial charge in [0.2, 0.25) is 5.91 Å². The Kier molecular flexibility index (Phi) is 4.98. The van der Waals surface area contributed by atoms with Crippen LogP contribution in [0.4, 0.5) is 10.1 Å². The van der Waals surface area contributed by atoms with E-state index in [1.807, 2.05) is 36.2 Å². The Hall–Kier alpha value is -2.88. The van der Waals surface area contributed by atoms with Gasteiger partial charge in [0.1, 0.15) is 5.82 Å². The van der Waals surface area contributed by atoms with Crippen LogP contribution in [0.3, 0.4) is 0 Å². The number of halogens is 1. The molecule has 3 aromatic rings. The summed E-state index contributed by atoms with van der Waals surface area (Å²) in [5.41, 5.74) is 1.77. The van der Waals surface area contributed by atoms with Crippen LogP contribution in [0.2, 0.25) is 0 Å². The number of rotatable bonds is 5. The molecule has 3 aromatic carbocycles. The van der Waals surface area contributed by atoms with Gasteiger partial charge in [-0.25, -0.2) is 4.39 Å². The zero-order valence-corrected chi connectivity index (χ0v) is 14.4. The second kappa shape index (κ2) is 7.34. The molecule has 0 aliphatic carbocycles. The van der Waals surface area contributed by atoms with Gasteiger partial charge < -0.3 is 9.80 Å². The number of likely N-dealkylation sites (N-methyl/N-ethyl adjacent to an activating group) is 2. The second-order valence-electron chi connectivity index (χ2n) is 6.27. The molecule has 0 saturated carbocycles. The molecule has 0 saturated heterocycles. The first kappa shape index (κ1) is 17.0. The molecule has 0 aliphatic heterocycles. The fourth-order valence-electron chi connectivity index (χ4n) is 2.83. The van der Waals surface area contributed by atoms with Gasteiger partial charge in [-0.15, -0.1) is 0 Å². The van der Waals surface area contributed by atoms with Gasteiger partial charge in [-0.1, -0.05) is 42.5 Å². The van der Waals surface area contributed by atoms with E-state index in [-0.39, 0.29) is 18.3 Å². The van der Waals surface area contributed by atoms with Crippen molar-refractivity contribution in [1.29, 1.82) is 0 Å². The SMILES string of the molecule is CN(Cc1cccc(F)c1)C(=O)CN(C)c1ccc2ccccc2c1. The predicted molar refractivity (Wildman–Crippen MR) is 100 cm³/mol. The lowest BCUT2D eigenvalue weighted by atomic mass is 10.1. The number of amides is 1. The van der Waals surface area contributed by atoms with Crippen molar-refractivity contribution in [2.24, 2.45) is 0 Å². The van der Waals surface area contributed by atoms with Crippen LogP contribution in [-0.4, -0.2) is 31.4 Å². The van der Waals surface area contributed by atoms with E-state index < -0.39 is 0 Å². The van der Waals surface area contributed by atoms with E-state index in [0.29, 0.717) is 6.54 Å². The molecule has 1 amide bonds. The molecular weight excluding hydrogens is 315 g/mol. The number of carbonyl (C=O) groups excluding carboxylic acids is 1. The van der Waals surface area contributed by atoms with Gasteiger partial charge in [-0.2, -0.15) is 0 Å². The van der Waals surface area contributed by atoms with Gasteiger partial charge in [0.25, 0.3) is 0 Å². The number of hydrogen-bond acceptors (Lipinski definition) is 2. The van der Waals surface area contributed by atoms with Crippen molar-refractivity contribution in [3.8, 4) is 0 Å². The molecule has 4 heteroatoms. The summed E-state index contributed by atoms with van der Waals surface area (Å²) in [7, 11) is 3.64. The molecule has 0 spiro atoms. The Morgan fingerprint density at radius 2 is 1.68 bits per heavy atom. The molecule has 0 heterocycles. The van der Waals surface area contributed by atoms with Crippen molar-refractivity contribution < 1.29 is 9.18 Å². The zero-order chi connectivity index (χ0) is 17.8. The average molecular weight is 336 g/mol. The topological polar surface area (TPSA) is 23.6 Å². The molecule has 0 N–H and O–H groups in total. The monoisotopic (exact) mass is 336 g/mol. The normalized spacial score (nSPS) is 10.7. The van der Waals surface area contributed by atoms with Crippen LogP contribution in [0.1, 0.15) is 5.56 Å². The molecule has 0 radical (unpaired) electrons. The zero-order valence-electron chi connectivity index (χ0n) is 14.4. The van der Waals surface area contributed by atoms with Gasteiger partial charge in [-0.05, 0) is 40.6 Å². The molecule has 0 fully saturated rings. The van der Waals surface area contributed by atoms with Crippen molar-refractivity contribution in [3.63, 3.8) is 0 Å². The van der Waals surface area contributed by atoms with Crippen molar-refractivity contribution in [2.45, 2.75) is 6.54 Å². The van der Waals surface area contributed by atoms with E-state index in [2.05, 4.69) is 24.3 Å². The van der Waals surface area contributed by atoms with Gasteiger partial charge in [-0.3, -0.25) is 4.79 Å². The summed E-state index contributed by atoms with van der Waals surface area (Å²) in [6.07, 6.45) is 0. The third-order valence-electron chi connectivity index (χ3n) is 4.28. The lowest BCUT2D eigenvalue weighted by Gasteiger charge is -2.24. The maximum Gasteiger partial charge on any atom is 0.242 e. The van der Waals surface area contributed by atoms with Crippen molar-refractivity contribution in [3.05, 3.63) is 78.1 Å². The Morgan fingerprint density at radius 1 is 0.920 bits per heavy atom. The summed E-state index contributed by atoms with van der Waals surface area (Å²) in [5.74, 6) is -0.299. The summed E-state index contributed by atoms with van der Waals surface area (Å²) in [6.45, 7) is 0.659. The predicted octanol–water partition coefficient (Wildman–Crippen LogP) is 4.07. The molecule has 25 heavy (non-hydrogen) atoms. The Bertz CT molecular complexity index is 894. The van der Waals surface area contributed by atoms with Gasteiger partial charge in [0, 0.05) is 26.3 Å². The highest BCUT2D eigenvalue weighted by molar-refractivity contribution is 5.87. The first-order valence-electron chi connectivity index (χ1n) is 8.21. The summed E-state index contributed by atoms with van der Waals surface area (Å²) < 4.78 is 13.3. The van der Waals surface area contributed by atoms with E-state index >= 15 is 0 Å². The first-order chi connectivity index (χ1) is 12.0. The van der Waals surface area contributed by atoms with Gasteiger partial charge >= 0.3 is 0 Å². The summed E-state index contributed by atoms with van der Waals surface area (Å²) in [5, 5.41) is 2.32. The minimum atomic E-state index is -0.286. The fraction of sp³-hybridized carbons (Fsp3) is 0.190. The van der Waals surface area contributed by atoms with E-state index in [1.54, 1.807) is 18.0 Å². The Morgan fingerprint density at radius 3 is 2.44 bits per heavy atom. The molecule has 0 bridgehead atoms. The molecule has 0 unspecified atom stereocenters. The lowest BCUT2D eigenvalue weighted by molar-refractivity contribution is -0.128. The molecule has 0 aliphatic rings. The van der Waals surface area contributed by atoms with Crippen LogP contribution in [-0.2, 0) is 11.3 Å². The maximum atomic E-state index is 13.3. The van der Waals surface area contributed by atoms with Crippen LogP contribution in [0, 0.1) is 5.82 Å². The highest BCUT2D eigenvalue weighted by atomic mass is 19.1. The third kappa shape index (κ3) is 4.15. The smallest absolute Gasteiger partial charge is 0.242 e. The molecule has 0 aromatic heterocycles. The largest absolute Gasteiger partial charge is 0.365 e. The van der Waals surface area contributed by atoms with E-state index in [1.165, 1.54) is 17.5 Å². The molecular formula is C21H21FN2O. The summed E-state index contributed by atoms with van der Waals surface area (Å²) in [4.78, 5) is 16.0. The minimum absolute atomic E-state index is 0.0140. The molecule has 0 atom stereocenters. The van der Waals surface area contributed by atoms with Crippen molar-refractivity contribution in [1.82, 2.24) is 4.90 Å². The minimum Gasteiger partial charge on any atom is -0.365 e. The van der Waals surface area contributed by atoms with E-state index in [0.717, 1.165) is 16.6 Å². The summed E-state index contributed by atoms with van der Waals surface area (Å²) in [6, 6.07) is 20.6. The van der Waals surface area contributed by atoms with Crippen LogP contribution < -0.4 is 4.90 Å². The van der Waals surface area contributed by atoms with Gasteiger partial charge in [0.15, 0.2) is 0 Å². The second-order valence-corrected chi connectivity index (χ2v) is 6.27. The Labute approximate surface area is 147 Å². The highest BCUT2D eigenvalue weighted by Gasteiger charge is 2.13. The molecule has 128 valence electrons. The van der Waals surface area contributed by atoms with E-state index in [4.69, 9.17) is 0 Å². The van der Waals surface area contributed by atoms with E-state index in [9.17, 15) is 9.18 Å². The number of nitrogens with zero attached hydrogens (tertiary/aromatic N) is 2. The molecule has 3 rings (SSSR count). The molecule has 3 nitrogen and oxygen atoms in total. The first-order valence-corrected chi connectivity index (χ1v) is 8.21. The van der Waals surface area contributed by atoms with Crippen LogP contribution in [0.15, 0.2) is 66.7 Å². The van der Waals surface area contributed by atoms with Crippen LogP contribution >= 0.6 is 0 Å². The van der Waals surface area contributed by atoms with Crippen molar-refractivity contribution >= 4 is 22.4 Å². The fourth-order valence-corrected chi connectivity index (χ4v) is 2.83. The number of fused-ring (bicyclic) bond motifs is 1. The number of anilines is 1. The standard InChI is InChI=1S/C21H21FN2O/c1-23(20-11-10-17-7-3-4-8-18(17)13-20)15-21(25)24(2)14-16-6-5-9-19(22)12-16/h3-13H,14-15H2,1-2H3. The van der Waals surface area contributed by atoms with Crippen molar-refractivity contribution in [2.75, 3.05) is 25.5 Å². The maximum absolute atomic E-state index is 13.3. The Balaban J connectivity index is 1.66. The number of benzene rings is 3. The average Bonchev–Trinajstić information content (AvgIpc) is 2.61. The van der Waals surface area contributed by atoms with Crippen LogP contribution in [0.5, 0.6) is 0 Å².